The van der Waals surface area contributed by atoms with Crippen LogP contribution in [0.2, 0.25) is 0 Å². The van der Waals surface area contributed by atoms with Crippen molar-refractivity contribution in [3.8, 4) is 17.2 Å². The van der Waals surface area contributed by atoms with Crippen LogP contribution in [0.3, 0.4) is 0 Å². The molecule has 0 aliphatic carbocycles. The van der Waals surface area contributed by atoms with Gasteiger partial charge in [0.2, 0.25) is 0 Å². The Morgan fingerprint density at radius 3 is 2.43 bits per heavy atom. The van der Waals surface area contributed by atoms with Crippen LogP contribution in [0.4, 0.5) is 0 Å². The Labute approximate surface area is 185 Å². The molecule has 7 heteroatoms. The number of carbonyl (C=O) groups is 1. The summed E-state index contributed by atoms with van der Waals surface area (Å²) in [7, 11) is 3.07. The maximum atomic E-state index is 12.0. The SMILES string of the molecule is COc1cc(OC)c(/C(C=O)=C\Cc2ccc(Br)cc2)c(O)c1CN1CCOCC1. The standard InChI is InChI=1S/C23H26BrNO5/c1-28-20-13-21(29-2)22(23(27)19(20)14-25-9-11-30-12-10-25)17(15-26)6-3-16-4-7-18(24)8-5-16/h4-8,13,15,27H,3,9-12,14H2,1-2H3/b17-6-. The number of halogens is 1. The molecule has 1 fully saturated rings. The minimum Gasteiger partial charge on any atom is -0.507 e. The van der Waals surface area contributed by atoms with Crippen molar-refractivity contribution >= 4 is 27.8 Å². The van der Waals surface area contributed by atoms with Crippen molar-refractivity contribution in [2.45, 2.75) is 13.0 Å². The number of phenols is 1. The smallest absolute Gasteiger partial charge is 0.150 e. The molecule has 0 unspecified atom stereocenters. The van der Waals surface area contributed by atoms with Gasteiger partial charge in [-0.3, -0.25) is 9.69 Å². The molecule has 1 heterocycles. The normalized spacial score (nSPS) is 15.1. The molecule has 2 aromatic carbocycles. The van der Waals surface area contributed by atoms with Crippen molar-refractivity contribution in [2.75, 3.05) is 40.5 Å². The summed E-state index contributed by atoms with van der Waals surface area (Å²) in [5.74, 6) is 0.925. The van der Waals surface area contributed by atoms with Gasteiger partial charge in [0.15, 0.2) is 6.29 Å². The number of benzene rings is 2. The fraction of sp³-hybridized carbons (Fsp3) is 0.348. The van der Waals surface area contributed by atoms with Crippen LogP contribution in [-0.4, -0.2) is 56.8 Å². The van der Waals surface area contributed by atoms with Crippen LogP contribution < -0.4 is 9.47 Å². The molecule has 0 amide bonds. The van der Waals surface area contributed by atoms with Gasteiger partial charge in [-0.05, 0) is 24.1 Å². The lowest BCUT2D eigenvalue weighted by atomic mass is 9.97. The minimum atomic E-state index is 0.00634. The number of hydrogen-bond acceptors (Lipinski definition) is 6. The highest BCUT2D eigenvalue weighted by Crippen LogP contribution is 2.42. The maximum absolute atomic E-state index is 12.0. The van der Waals surface area contributed by atoms with Gasteiger partial charge in [0.1, 0.15) is 17.2 Å². The van der Waals surface area contributed by atoms with Gasteiger partial charge in [0, 0.05) is 35.7 Å². The zero-order valence-corrected chi connectivity index (χ0v) is 18.8. The molecule has 160 valence electrons. The largest absolute Gasteiger partial charge is 0.507 e. The van der Waals surface area contributed by atoms with Crippen molar-refractivity contribution in [1.29, 1.82) is 0 Å². The average Bonchev–Trinajstić information content (AvgIpc) is 2.78. The van der Waals surface area contributed by atoms with E-state index in [2.05, 4.69) is 20.8 Å². The summed E-state index contributed by atoms with van der Waals surface area (Å²) in [5.41, 5.74) is 2.44. The van der Waals surface area contributed by atoms with E-state index in [4.69, 9.17) is 14.2 Å². The molecule has 0 bridgehead atoms. The molecule has 1 saturated heterocycles. The highest BCUT2D eigenvalue weighted by atomic mass is 79.9. The van der Waals surface area contributed by atoms with Crippen molar-refractivity contribution in [3.05, 3.63) is 57.6 Å². The Bertz CT molecular complexity index is 905. The summed E-state index contributed by atoms with van der Waals surface area (Å²) in [6.45, 7) is 3.33. The lowest BCUT2D eigenvalue weighted by molar-refractivity contribution is -0.103. The molecule has 6 nitrogen and oxygen atoms in total. The van der Waals surface area contributed by atoms with E-state index in [9.17, 15) is 9.90 Å². The first kappa shape index (κ1) is 22.3. The fourth-order valence-corrected chi connectivity index (χ4v) is 3.74. The molecule has 30 heavy (non-hydrogen) atoms. The summed E-state index contributed by atoms with van der Waals surface area (Å²) in [5, 5.41) is 11.2. The number of nitrogens with zero attached hydrogens (tertiary/aromatic N) is 1. The summed E-state index contributed by atoms with van der Waals surface area (Å²) in [6, 6.07) is 9.60. The predicted octanol–water partition coefficient (Wildman–Crippen LogP) is 3.83. The topological polar surface area (TPSA) is 68.2 Å². The first-order chi connectivity index (χ1) is 14.6. The molecule has 1 N–H and O–H groups in total. The van der Waals surface area contributed by atoms with Crippen LogP contribution in [0.5, 0.6) is 17.2 Å². The Morgan fingerprint density at radius 2 is 1.83 bits per heavy atom. The number of rotatable bonds is 8. The highest BCUT2D eigenvalue weighted by molar-refractivity contribution is 9.10. The number of aldehydes is 1. The Balaban J connectivity index is 1.99. The van der Waals surface area contributed by atoms with Crippen LogP contribution in [0.25, 0.3) is 5.57 Å². The predicted molar refractivity (Wildman–Crippen MR) is 119 cm³/mol. The van der Waals surface area contributed by atoms with Gasteiger partial charge in [0.25, 0.3) is 0 Å². The number of morpholine rings is 1. The summed E-state index contributed by atoms with van der Waals surface area (Å²) in [4.78, 5) is 14.1. The fourth-order valence-electron chi connectivity index (χ4n) is 3.48. The quantitative estimate of drug-likeness (QED) is 0.462. The maximum Gasteiger partial charge on any atom is 0.150 e. The molecule has 0 spiro atoms. The second-order valence-corrected chi connectivity index (χ2v) is 7.90. The van der Waals surface area contributed by atoms with Gasteiger partial charge < -0.3 is 19.3 Å². The first-order valence-corrected chi connectivity index (χ1v) is 10.5. The second kappa shape index (κ2) is 10.6. The van der Waals surface area contributed by atoms with Crippen molar-refractivity contribution in [2.24, 2.45) is 0 Å². The number of allylic oxidation sites excluding steroid dienone is 2. The minimum absolute atomic E-state index is 0.00634. The average molecular weight is 476 g/mol. The summed E-state index contributed by atoms with van der Waals surface area (Å²) < 4.78 is 17.4. The van der Waals surface area contributed by atoms with Crippen LogP contribution in [-0.2, 0) is 22.5 Å². The number of ether oxygens (including phenoxy) is 3. The van der Waals surface area contributed by atoms with E-state index in [1.165, 1.54) is 7.11 Å². The number of carbonyl (C=O) groups excluding carboxylic acids is 1. The Morgan fingerprint density at radius 1 is 1.17 bits per heavy atom. The third-order valence-electron chi connectivity index (χ3n) is 5.14. The van der Waals surface area contributed by atoms with Gasteiger partial charge >= 0.3 is 0 Å². The first-order valence-electron chi connectivity index (χ1n) is 9.74. The molecule has 0 aromatic heterocycles. The van der Waals surface area contributed by atoms with Gasteiger partial charge in [-0.25, -0.2) is 0 Å². The highest BCUT2D eigenvalue weighted by Gasteiger charge is 2.24. The molecule has 3 rings (SSSR count). The van der Waals surface area contributed by atoms with E-state index in [0.29, 0.717) is 54.4 Å². The van der Waals surface area contributed by atoms with Crippen LogP contribution in [0.1, 0.15) is 16.7 Å². The van der Waals surface area contributed by atoms with Crippen LogP contribution >= 0.6 is 15.9 Å². The van der Waals surface area contributed by atoms with Gasteiger partial charge in [-0.2, -0.15) is 0 Å². The van der Waals surface area contributed by atoms with Crippen molar-refractivity contribution < 1.29 is 24.1 Å². The lowest BCUT2D eigenvalue weighted by Gasteiger charge is -2.28. The van der Waals surface area contributed by atoms with E-state index >= 15 is 0 Å². The number of hydrogen-bond donors (Lipinski definition) is 1. The Kier molecular flexibility index (Phi) is 7.90. The zero-order valence-electron chi connectivity index (χ0n) is 17.2. The number of aromatic hydroxyl groups is 1. The number of phenolic OH excluding ortho intramolecular Hbond substituents is 1. The van der Waals surface area contributed by atoms with Crippen LogP contribution in [0, 0.1) is 0 Å². The molecule has 1 aliphatic rings. The third kappa shape index (κ3) is 5.22. The van der Waals surface area contributed by atoms with E-state index in [0.717, 1.165) is 29.4 Å². The van der Waals surface area contributed by atoms with E-state index < -0.39 is 0 Å². The zero-order chi connectivity index (χ0) is 21.5. The Hall–Kier alpha value is -2.35. The van der Waals surface area contributed by atoms with Crippen LogP contribution in [0.15, 0.2) is 40.9 Å². The number of methoxy groups -OCH3 is 2. The summed E-state index contributed by atoms with van der Waals surface area (Å²) in [6.07, 6.45) is 3.11. The second-order valence-electron chi connectivity index (χ2n) is 6.98. The van der Waals surface area contributed by atoms with E-state index in [1.54, 1.807) is 19.3 Å². The molecule has 0 saturated carbocycles. The van der Waals surface area contributed by atoms with Crippen molar-refractivity contribution in [1.82, 2.24) is 4.90 Å². The molecule has 1 aliphatic heterocycles. The van der Waals surface area contributed by atoms with Gasteiger partial charge in [-0.15, -0.1) is 0 Å². The molecular formula is C23H26BrNO5. The lowest BCUT2D eigenvalue weighted by Crippen LogP contribution is -2.35. The van der Waals surface area contributed by atoms with Gasteiger partial charge in [0.05, 0.1) is 38.6 Å². The molecular weight excluding hydrogens is 450 g/mol. The summed E-state index contributed by atoms with van der Waals surface area (Å²) >= 11 is 3.42. The van der Waals surface area contributed by atoms with E-state index in [1.807, 2.05) is 24.3 Å². The molecule has 2 aromatic rings. The van der Waals surface area contributed by atoms with Crippen molar-refractivity contribution in [3.63, 3.8) is 0 Å². The molecule has 0 atom stereocenters. The van der Waals surface area contributed by atoms with Gasteiger partial charge in [-0.1, -0.05) is 34.1 Å². The molecule has 0 radical (unpaired) electrons. The van der Waals surface area contributed by atoms with E-state index in [-0.39, 0.29) is 5.75 Å². The monoisotopic (exact) mass is 475 g/mol. The third-order valence-corrected chi connectivity index (χ3v) is 5.67.